The first-order valence-electron chi connectivity index (χ1n) is 5.22. The van der Waals surface area contributed by atoms with E-state index in [0.717, 1.165) is 10.0 Å². The van der Waals surface area contributed by atoms with E-state index >= 15 is 0 Å². The molecule has 0 spiro atoms. The molecular formula is C12H11BrN2O2. The third-order valence-corrected chi connectivity index (χ3v) is 2.99. The summed E-state index contributed by atoms with van der Waals surface area (Å²) in [5, 5.41) is 2.55. The number of nitrogens with zero attached hydrogens (tertiary/aromatic N) is 1. The van der Waals surface area contributed by atoms with Gasteiger partial charge in [-0.2, -0.15) is 0 Å². The van der Waals surface area contributed by atoms with Crippen LogP contribution in [0.25, 0.3) is 6.08 Å². The highest BCUT2D eigenvalue weighted by molar-refractivity contribution is 9.10. The first-order valence-corrected chi connectivity index (χ1v) is 6.01. The molecule has 0 bridgehead atoms. The van der Waals surface area contributed by atoms with Crippen molar-refractivity contribution in [2.45, 2.75) is 6.92 Å². The number of imide groups is 1. The quantitative estimate of drug-likeness (QED) is 0.672. The molecule has 5 heteroatoms. The van der Waals surface area contributed by atoms with Crippen LogP contribution >= 0.6 is 15.9 Å². The van der Waals surface area contributed by atoms with Crippen molar-refractivity contribution < 1.29 is 9.59 Å². The number of nitrogens with one attached hydrogen (secondary N) is 1. The van der Waals surface area contributed by atoms with Crippen molar-refractivity contribution in [3.05, 3.63) is 40.0 Å². The van der Waals surface area contributed by atoms with Gasteiger partial charge in [0.25, 0.3) is 5.91 Å². The van der Waals surface area contributed by atoms with Crippen LogP contribution in [0.3, 0.4) is 0 Å². The van der Waals surface area contributed by atoms with Crippen LogP contribution < -0.4 is 5.32 Å². The number of halogens is 1. The molecule has 2 rings (SSSR count). The standard InChI is InChI=1S/C12H11BrN2O2/c1-2-15-11(16)10(14-12(15)17)7-8-3-5-9(13)6-4-8/h3-7H,2H2,1H3,(H,14,17)/b10-7+. The minimum absolute atomic E-state index is 0.277. The number of carbonyl (C=O) groups is 2. The highest BCUT2D eigenvalue weighted by Gasteiger charge is 2.31. The van der Waals surface area contributed by atoms with E-state index in [1.165, 1.54) is 4.90 Å². The summed E-state index contributed by atoms with van der Waals surface area (Å²) in [6.07, 6.45) is 1.67. The molecule has 1 heterocycles. The van der Waals surface area contributed by atoms with E-state index in [1.807, 2.05) is 24.3 Å². The van der Waals surface area contributed by atoms with E-state index in [4.69, 9.17) is 0 Å². The van der Waals surface area contributed by atoms with Gasteiger partial charge < -0.3 is 5.32 Å². The molecule has 0 saturated carbocycles. The van der Waals surface area contributed by atoms with Crippen molar-refractivity contribution in [2.75, 3.05) is 6.54 Å². The van der Waals surface area contributed by atoms with Crippen molar-refractivity contribution in [1.29, 1.82) is 0 Å². The Kier molecular flexibility index (Phi) is 3.28. The average Bonchev–Trinajstić information content (AvgIpc) is 2.57. The van der Waals surface area contributed by atoms with Crippen molar-refractivity contribution in [3.63, 3.8) is 0 Å². The number of hydrogen-bond donors (Lipinski definition) is 1. The van der Waals surface area contributed by atoms with Crippen LogP contribution in [0.15, 0.2) is 34.4 Å². The fourth-order valence-corrected chi connectivity index (χ4v) is 1.85. The van der Waals surface area contributed by atoms with Crippen LogP contribution in [0.4, 0.5) is 4.79 Å². The van der Waals surface area contributed by atoms with E-state index in [9.17, 15) is 9.59 Å². The molecule has 0 atom stereocenters. The van der Waals surface area contributed by atoms with E-state index in [0.29, 0.717) is 12.2 Å². The lowest BCUT2D eigenvalue weighted by Crippen LogP contribution is -2.30. The van der Waals surface area contributed by atoms with Gasteiger partial charge in [0.1, 0.15) is 5.70 Å². The molecule has 1 N–H and O–H groups in total. The van der Waals surface area contributed by atoms with Crippen LogP contribution in [0.2, 0.25) is 0 Å². The maximum absolute atomic E-state index is 11.8. The van der Waals surface area contributed by atoms with Crippen molar-refractivity contribution in [1.82, 2.24) is 10.2 Å². The summed E-state index contributed by atoms with van der Waals surface area (Å²) in [6, 6.07) is 7.13. The molecule has 1 aliphatic heterocycles. The lowest BCUT2D eigenvalue weighted by atomic mass is 10.2. The van der Waals surface area contributed by atoms with E-state index in [-0.39, 0.29) is 11.9 Å². The molecule has 1 fully saturated rings. The van der Waals surface area contributed by atoms with E-state index in [2.05, 4.69) is 21.2 Å². The Bertz CT molecular complexity index is 494. The molecule has 1 aromatic carbocycles. The summed E-state index contributed by atoms with van der Waals surface area (Å²) in [7, 11) is 0. The summed E-state index contributed by atoms with van der Waals surface area (Å²) in [6.45, 7) is 2.14. The zero-order valence-corrected chi connectivity index (χ0v) is 10.8. The molecule has 17 heavy (non-hydrogen) atoms. The second kappa shape index (κ2) is 4.71. The molecular weight excluding hydrogens is 284 g/mol. The smallest absolute Gasteiger partial charge is 0.303 e. The largest absolute Gasteiger partial charge is 0.328 e. The molecule has 0 radical (unpaired) electrons. The van der Waals surface area contributed by atoms with Crippen LogP contribution in [0.5, 0.6) is 0 Å². The minimum Gasteiger partial charge on any atom is -0.303 e. The maximum atomic E-state index is 11.8. The average molecular weight is 295 g/mol. The Balaban J connectivity index is 2.27. The molecule has 1 aromatic rings. The number of carbonyl (C=O) groups excluding carboxylic acids is 2. The Hall–Kier alpha value is -1.62. The van der Waals surface area contributed by atoms with E-state index in [1.54, 1.807) is 13.0 Å². The van der Waals surface area contributed by atoms with Gasteiger partial charge in [-0.1, -0.05) is 28.1 Å². The topological polar surface area (TPSA) is 49.4 Å². The van der Waals surface area contributed by atoms with Gasteiger partial charge in [0.2, 0.25) is 0 Å². The van der Waals surface area contributed by atoms with Crippen LogP contribution in [0, 0.1) is 0 Å². The van der Waals surface area contributed by atoms with Gasteiger partial charge in [0.05, 0.1) is 0 Å². The highest BCUT2D eigenvalue weighted by atomic mass is 79.9. The van der Waals surface area contributed by atoms with Gasteiger partial charge in [0.15, 0.2) is 0 Å². The van der Waals surface area contributed by atoms with Crippen LogP contribution in [-0.4, -0.2) is 23.4 Å². The second-order valence-corrected chi connectivity index (χ2v) is 4.50. The van der Waals surface area contributed by atoms with Gasteiger partial charge in [-0.25, -0.2) is 4.79 Å². The molecule has 1 aliphatic rings. The Morgan fingerprint density at radius 1 is 1.29 bits per heavy atom. The third kappa shape index (κ3) is 2.39. The minimum atomic E-state index is -0.360. The highest BCUT2D eigenvalue weighted by Crippen LogP contribution is 2.16. The monoisotopic (exact) mass is 294 g/mol. The predicted molar refractivity (Wildman–Crippen MR) is 68.0 cm³/mol. The Morgan fingerprint density at radius 2 is 1.94 bits per heavy atom. The molecule has 0 unspecified atom stereocenters. The zero-order chi connectivity index (χ0) is 12.4. The first-order chi connectivity index (χ1) is 8.11. The Morgan fingerprint density at radius 3 is 2.47 bits per heavy atom. The number of likely N-dealkylation sites (N-methyl/N-ethyl adjacent to an activating group) is 1. The summed E-state index contributed by atoms with van der Waals surface area (Å²) < 4.78 is 0.969. The van der Waals surface area contributed by atoms with Crippen molar-refractivity contribution in [3.8, 4) is 0 Å². The Labute approximate surface area is 107 Å². The van der Waals surface area contributed by atoms with Crippen LogP contribution in [0.1, 0.15) is 12.5 Å². The third-order valence-electron chi connectivity index (χ3n) is 2.46. The van der Waals surface area contributed by atoms with Gasteiger partial charge in [-0.15, -0.1) is 0 Å². The number of amides is 3. The molecule has 4 nitrogen and oxygen atoms in total. The zero-order valence-electron chi connectivity index (χ0n) is 9.24. The summed E-state index contributed by atoms with van der Waals surface area (Å²) in [5.41, 5.74) is 1.19. The molecule has 0 aromatic heterocycles. The maximum Gasteiger partial charge on any atom is 0.328 e. The summed E-state index contributed by atoms with van der Waals surface area (Å²) in [5.74, 6) is -0.277. The SMILES string of the molecule is CCN1C(=O)N/C(=C/c2ccc(Br)cc2)C1=O. The molecule has 88 valence electrons. The van der Waals surface area contributed by atoms with Crippen LogP contribution in [-0.2, 0) is 4.79 Å². The van der Waals surface area contributed by atoms with E-state index < -0.39 is 0 Å². The molecule has 1 saturated heterocycles. The molecule has 0 aliphatic carbocycles. The molecule has 3 amide bonds. The van der Waals surface area contributed by atoms with Gasteiger partial charge in [-0.3, -0.25) is 9.69 Å². The van der Waals surface area contributed by atoms with Crippen molar-refractivity contribution in [2.24, 2.45) is 0 Å². The van der Waals surface area contributed by atoms with Crippen molar-refractivity contribution >= 4 is 33.9 Å². The summed E-state index contributed by atoms with van der Waals surface area (Å²) >= 11 is 3.33. The second-order valence-electron chi connectivity index (χ2n) is 3.59. The first kappa shape index (κ1) is 11.9. The van der Waals surface area contributed by atoms with Gasteiger partial charge >= 0.3 is 6.03 Å². The number of benzene rings is 1. The summed E-state index contributed by atoms with van der Waals surface area (Å²) in [4.78, 5) is 24.4. The fraction of sp³-hybridized carbons (Fsp3) is 0.167. The lowest BCUT2D eigenvalue weighted by molar-refractivity contribution is -0.122. The number of hydrogen-bond acceptors (Lipinski definition) is 2. The van der Waals surface area contributed by atoms with Gasteiger partial charge in [-0.05, 0) is 30.7 Å². The van der Waals surface area contributed by atoms with Gasteiger partial charge in [0, 0.05) is 11.0 Å². The number of rotatable bonds is 2. The lowest BCUT2D eigenvalue weighted by Gasteiger charge is -2.05. The fourth-order valence-electron chi connectivity index (χ4n) is 1.58. The predicted octanol–water partition coefficient (Wildman–Crippen LogP) is 2.36. The number of urea groups is 1. The normalized spacial score (nSPS) is 17.8.